The maximum Gasteiger partial charge on any atom is 0.247 e. The predicted octanol–water partition coefficient (Wildman–Crippen LogP) is 4.18. The van der Waals surface area contributed by atoms with Gasteiger partial charge in [0.05, 0.1) is 12.3 Å². The van der Waals surface area contributed by atoms with Gasteiger partial charge in [0.2, 0.25) is 5.91 Å². The van der Waals surface area contributed by atoms with Crippen molar-refractivity contribution in [1.82, 2.24) is 4.90 Å². The first kappa shape index (κ1) is 14.6. The molecule has 1 unspecified atom stereocenters. The number of hydrogen-bond acceptors (Lipinski definition) is 2. The largest absolute Gasteiger partial charge is 0.467 e. The number of benzene rings is 1. The van der Waals surface area contributed by atoms with Gasteiger partial charge in [-0.1, -0.05) is 12.1 Å². The van der Waals surface area contributed by atoms with Crippen molar-refractivity contribution in [3.63, 3.8) is 0 Å². The molecule has 1 aliphatic carbocycles. The van der Waals surface area contributed by atoms with Crippen LogP contribution < -0.4 is 0 Å². The molecule has 1 aromatic carbocycles. The summed E-state index contributed by atoms with van der Waals surface area (Å²) in [6, 6.07) is 10.1. The van der Waals surface area contributed by atoms with Crippen LogP contribution in [-0.4, -0.2) is 16.8 Å². The molecule has 0 radical (unpaired) electrons. The molecular weight excluding hydrogens is 281 g/mol. The first-order valence-electron chi connectivity index (χ1n) is 7.44. The normalized spacial score (nSPS) is 15.9. The Kier molecular flexibility index (Phi) is 4.09. The molecule has 1 heterocycles. The third kappa shape index (κ3) is 3.27. The van der Waals surface area contributed by atoms with E-state index in [2.05, 4.69) is 0 Å². The molecule has 3 rings (SSSR count). The summed E-state index contributed by atoms with van der Waals surface area (Å²) in [6.07, 6.45) is 6.81. The van der Waals surface area contributed by atoms with Crippen LogP contribution in [0.3, 0.4) is 0 Å². The van der Waals surface area contributed by atoms with Gasteiger partial charge < -0.3 is 9.32 Å². The quantitative estimate of drug-likeness (QED) is 0.776. The molecule has 1 aromatic heterocycles. The Hall–Kier alpha value is -2.36. The van der Waals surface area contributed by atoms with Gasteiger partial charge in [0, 0.05) is 12.1 Å². The lowest BCUT2D eigenvalue weighted by Crippen LogP contribution is -2.34. The van der Waals surface area contributed by atoms with Gasteiger partial charge in [-0.3, -0.25) is 4.79 Å². The van der Waals surface area contributed by atoms with Crippen LogP contribution in [0, 0.1) is 5.82 Å². The number of amides is 1. The summed E-state index contributed by atoms with van der Waals surface area (Å²) in [5, 5.41) is 0. The van der Waals surface area contributed by atoms with Gasteiger partial charge in [0.25, 0.3) is 0 Å². The van der Waals surface area contributed by atoms with Crippen LogP contribution in [0.1, 0.15) is 37.1 Å². The Morgan fingerprint density at radius 1 is 1.36 bits per heavy atom. The molecule has 1 saturated carbocycles. The Morgan fingerprint density at radius 2 is 2.18 bits per heavy atom. The minimum absolute atomic E-state index is 0.0735. The minimum atomic E-state index is -0.308. The molecule has 22 heavy (non-hydrogen) atoms. The zero-order chi connectivity index (χ0) is 15.5. The number of hydrogen-bond donors (Lipinski definition) is 0. The van der Waals surface area contributed by atoms with E-state index in [0.29, 0.717) is 5.56 Å². The van der Waals surface area contributed by atoms with Crippen LogP contribution in [0.25, 0.3) is 6.08 Å². The van der Waals surface area contributed by atoms with Gasteiger partial charge in [-0.2, -0.15) is 0 Å². The number of furan rings is 1. The van der Waals surface area contributed by atoms with Crippen LogP contribution >= 0.6 is 0 Å². The molecule has 2 aromatic rings. The molecule has 0 bridgehead atoms. The van der Waals surface area contributed by atoms with E-state index < -0.39 is 0 Å². The molecule has 114 valence electrons. The molecule has 0 N–H and O–H groups in total. The maximum atomic E-state index is 13.2. The zero-order valence-corrected chi connectivity index (χ0v) is 12.4. The minimum Gasteiger partial charge on any atom is -0.467 e. The van der Waals surface area contributed by atoms with Crippen molar-refractivity contribution in [2.24, 2.45) is 0 Å². The lowest BCUT2D eigenvalue weighted by Gasteiger charge is -2.26. The fourth-order valence-electron chi connectivity index (χ4n) is 2.57. The molecular formula is C18H18FNO2. The fourth-order valence-corrected chi connectivity index (χ4v) is 2.57. The van der Waals surface area contributed by atoms with Crippen LogP contribution in [0.5, 0.6) is 0 Å². The van der Waals surface area contributed by atoms with Crippen molar-refractivity contribution < 1.29 is 13.6 Å². The standard InChI is InChI=1S/C18H18FNO2/c1-13(17-6-3-11-22-17)20(16-8-9-16)18(21)10-7-14-4-2-5-15(19)12-14/h2-7,10-13,16H,8-9H2,1H3. The summed E-state index contributed by atoms with van der Waals surface area (Å²) in [5.41, 5.74) is 0.676. The van der Waals surface area contributed by atoms with E-state index in [1.54, 1.807) is 24.5 Å². The van der Waals surface area contributed by atoms with E-state index in [4.69, 9.17) is 4.42 Å². The average Bonchev–Trinajstić information content (AvgIpc) is 3.17. The molecule has 1 amide bonds. The number of carbonyl (C=O) groups is 1. The third-order valence-corrected chi connectivity index (χ3v) is 3.83. The molecule has 1 atom stereocenters. The summed E-state index contributed by atoms with van der Waals surface area (Å²) >= 11 is 0. The van der Waals surface area contributed by atoms with Crippen molar-refractivity contribution >= 4 is 12.0 Å². The van der Waals surface area contributed by atoms with Gasteiger partial charge in [0.1, 0.15) is 11.6 Å². The highest BCUT2D eigenvalue weighted by molar-refractivity contribution is 5.92. The number of halogens is 1. The van der Waals surface area contributed by atoms with Crippen molar-refractivity contribution in [3.05, 3.63) is 65.9 Å². The summed E-state index contributed by atoms with van der Waals surface area (Å²) in [5.74, 6) is 0.396. The summed E-state index contributed by atoms with van der Waals surface area (Å²) < 4.78 is 18.6. The average molecular weight is 299 g/mol. The highest BCUT2D eigenvalue weighted by Gasteiger charge is 2.36. The van der Waals surface area contributed by atoms with E-state index in [0.717, 1.165) is 18.6 Å². The Balaban J connectivity index is 1.76. The topological polar surface area (TPSA) is 33.5 Å². The zero-order valence-electron chi connectivity index (χ0n) is 12.4. The first-order valence-corrected chi connectivity index (χ1v) is 7.44. The van der Waals surface area contributed by atoms with E-state index in [9.17, 15) is 9.18 Å². The Morgan fingerprint density at radius 3 is 2.82 bits per heavy atom. The third-order valence-electron chi connectivity index (χ3n) is 3.83. The van der Waals surface area contributed by atoms with Crippen molar-refractivity contribution in [3.8, 4) is 0 Å². The smallest absolute Gasteiger partial charge is 0.247 e. The second kappa shape index (κ2) is 6.18. The van der Waals surface area contributed by atoms with Crippen molar-refractivity contribution in [2.45, 2.75) is 31.8 Å². The summed E-state index contributed by atoms with van der Waals surface area (Å²) in [7, 11) is 0. The van der Waals surface area contributed by atoms with Crippen LogP contribution in [0.2, 0.25) is 0 Å². The van der Waals surface area contributed by atoms with Gasteiger partial charge in [-0.15, -0.1) is 0 Å². The lowest BCUT2D eigenvalue weighted by molar-refractivity contribution is -0.129. The molecule has 0 saturated heterocycles. The molecule has 1 fully saturated rings. The van der Waals surface area contributed by atoms with Gasteiger partial charge >= 0.3 is 0 Å². The number of rotatable bonds is 5. The summed E-state index contributed by atoms with van der Waals surface area (Å²) in [6.45, 7) is 1.96. The van der Waals surface area contributed by atoms with Gasteiger partial charge in [-0.05, 0) is 55.7 Å². The van der Waals surface area contributed by atoms with Gasteiger partial charge in [0.15, 0.2) is 0 Å². The van der Waals surface area contributed by atoms with E-state index >= 15 is 0 Å². The van der Waals surface area contributed by atoms with Crippen LogP contribution in [-0.2, 0) is 4.79 Å². The van der Waals surface area contributed by atoms with Crippen molar-refractivity contribution in [2.75, 3.05) is 0 Å². The molecule has 1 aliphatic rings. The van der Waals surface area contributed by atoms with E-state index in [-0.39, 0.29) is 23.8 Å². The van der Waals surface area contributed by atoms with E-state index in [1.165, 1.54) is 18.2 Å². The second-order valence-electron chi connectivity index (χ2n) is 5.56. The molecule has 3 nitrogen and oxygen atoms in total. The number of nitrogens with zero attached hydrogens (tertiary/aromatic N) is 1. The molecule has 0 spiro atoms. The highest BCUT2D eigenvalue weighted by Crippen LogP contribution is 2.34. The summed E-state index contributed by atoms with van der Waals surface area (Å²) in [4.78, 5) is 14.4. The Labute approximate surface area is 129 Å². The predicted molar refractivity (Wildman–Crippen MR) is 82.4 cm³/mol. The second-order valence-corrected chi connectivity index (χ2v) is 5.56. The van der Waals surface area contributed by atoms with E-state index in [1.807, 2.05) is 24.0 Å². The SMILES string of the molecule is CC(c1ccco1)N(C(=O)C=Cc1cccc(F)c1)C1CC1. The molecule has 4 heteroatoms. The lowest BCUT2D eigenvalue weighted by atomic mass is 10.1. The monoisotopic (exact) mass is 299 g/mol. The highest BCUT2D eigenvalue weighted by atomic mass is 19.1. The number of carbonyl (C=O) groups excluding carboxylic acids is 1. The fraction of sp³-hybridized carbons (Fsp3) is 0.278. The Bertz CT molecular complexity index is 674. The molecule has 0 aliphatic heterocycles. The van der Waals surface area contributed by atoms with Crippen molar-refractivity contribution in [1.29, 1.82) is 0 Å². The van der Waals surface area contributed by atoms with Gasteiger partial charge in [-0.25, -0.2) is 4.39 Å². The van der Waals surface area contributed by atoms with Crippen LogP contribution in [0.15, 0.2) is 53.2 Å². The first-order chi connectivity index (χ1) is 10.6. The van der Waals surface area contributed by atoms with Crippen LogP contribution in [0.4, 0.5) is 4.39 Å². The maximum absolute atomic E-state index is 13.2.